The van der Waals surface area contributed by atoms with E-state index in [4.69, 9.17) is 4.74 Å². The molecular weight excluding hydrogens is 296 g/mol. The smallest absolute Gasteiger partial charge is 0.181 e. The molecule has 3 heteroatoms. The second-order valence-electron chi connectivity index (χ2n) is 5.39. The van der Waals surface area contributed by atoms with Crippen molar-refractivity contribution in [2.24, 2.45) is 4.99 Å². The lowest BCUT2D eigenvalue weighted by atomic mass is 10.2. The van der Waals surface area contributed by atoms with E-state index in [0.717, 1.165) is 30.1 Å². The highest BCUT2D eigenvalue weighted by atomic mass is 16.5. The first-order valence-electron chi connectivity index (χ1n) is 8.11. The third kappa shape index (κ3) is 4.84. The summed E-state index contributed by atoms with van der Waals surface area (Å²) in [6.07, 6.45) is 3.81. The quantitative estimate of drug-likeness (QED) is 0.482. The van der Waals surface area contributed by atoms with Gasteiger partial charge in [-0.15, -0.1) is 0 Å². The van der Waals surface area contributed by atoms with E-state index in [2.05, 4.69) is 33.9 Å². The topological polar surface area (TPSA) is 24.8 Å². The molecule has 0 aliphatic carbocycles. The Labute approximate surface area is 143 Å². The SMILES string of the molecule is C(#Cc1ccccc1)C(=N/C=C/c1ccccc1)N1CCOCC1. The fourth-order valence-electron chi connectivity index (χ4n) is 2.38. The molecule has 0 aromatic heterocycles. The monoisotopic (exact) mass is 316 g/mol. The maximum Gasteiger partial charge on any atom is 0.181 e. The highest BCUT2D eigenvalue weighted by Gasteiger charge is 2.12. The Morgan fingerprint density at radius 2 is 1.62 bits per heavy atom. The van der Waals surface area contributed by atoms with Gasteiger partial charge in [0.2, 0.25) is 0 Å². The van der Waals surface area contributed by atoms with Crippen LogP contribution in [0.1, 0.15) is 11.1 Å². The van der Waals surface area contributed by atoms with E-state index < -0.39 is 0 Å². The average molecular weight is 316 g/mol. The van der Waals surface area contributed by atoms with Crippen LogP contribution in [0.4, 0.5) is 0 Å². The third-order valence-electron chi connectivity index (χ3n) is 3.67. The number of hydrogen-bond donors (Lipinski definition) is 0. The Bertz CT molecular complexity index is 749. The molecule has 1 aliphatic rings. The first kappa shape index (κ1) is 16.0. The summed E-state index contributed by atoms with van der Waals surface area (Å²) in [6.45, 7) is 3.08. The molecule has 3 nitrogen and oxygen atoms in total. The molecule has 1 fully saturated rings. The molecule has 1 heterocycles. The number of nitrogens with zero attached hydrogens (tertiary/aromatic N) is 2. The van der Waals surface area contributed by atoms with E-state index in [0.29, 0.717) is 13.2 Å². The molecule has 2 aromatic rings. The van der Waals surface area contributed by atoms with Crippen LogP contribution in [0.5, 0.6) is 0 Å². The van der Waals surface area contributed by atoms with Crippen LogP contribution in [0, 0.1) is 11.8 Å². The van der Waals surface area contributed by atoms with Gasteiger partial charge >= 0.3 is 0 Å². The van der Waals surface area contributed by atoms with E-state index in [1.165, 1.54) is 0 Å². The molecule has 1 saturated heterocycles. The summed E-state index contributed by atoms with van der Waals surface area (Å²) < 4.78 is 5.42. The Morgan fingerprint density at radius 1 is 0.958 bits per heavy atom. The maximum atomic E-state index is 5.42. The van der Waals surface area contributed by atoms with Gasteiger partial charge in [-0.05, 0) is 29.7 Å². The Balaban J connectivity index is 1.80. The van der Waals surface area contributed by atoms with E-state index in [-0.39, 0.29) is 0 Å². The molecule has 0 unspecified atom stereocenters. The summed E-state index contributed by atoms with van der Waals surface area (Å²) in [4.78, 5) is 6.77. The Morgan fingerprint density at radius 3 is 2.33 bits per heavy atom. The predicted molar refractivity (Wildman–Crippen MR) is 98.6 cm³/mol. The van der Waals surface area contributed by atoms with Crippen LogP contribution < -0.4 is 0 Å². The second-order valence-corrected chi connectivity index (χ2v) is 5.39. The van der Waals surface area contributed by atoms with Crippen molar-refractivity contribution in [3.8, 4) is 11.8 Å². The minimum absolute atomic E-state index is 0.717. The number of ether oxygens (including phenoxy) is 1. The molecule has 120 valence electrons. The van der Waals surface area contributed by atoms with Gasteiger partial charge in [-0.25, -0.2) is 4.99 Å². The Kier molecular flexibility index (Phi) is 5.82. The van der Waals surface area contributed by atoms with Crippen LogP contribution in [0.25, 0.3) is 6.08 Å². The van der Waals surface area contributed by atoms with Crippen LogP contribution in [0.3, 0.4) is 0 Å². The van der Waals surface area contributed by atoms with Gasteiger partial charge in [-0.2, -0.15) is 0 Å². The van der Waals surface area contributed by atoms with Gasteiger partial charge in [0.05, 0.1) is 13.2 Å². The summed E-state index contributed by atoms with van der Waals surface area (Å²) >= 11 is 0. The molecule has 0 amide bonds. The van der Waals surface area contributed by atoms with Crippen molar-refractivity contribution in [2.45, 2.75) is 0 Å². The summed E-state index contributed by atoms with van der Waals surface area (Å²) in [5.41, 5.74) is 2.11. The lowest BCUT2D eigenvalue weighted by molar-refractivity contribution is 0.0686. The average Bonchev–Trinajstić information content (AvgIpc) is 2.67. The zero-order valence-electron chi connectivity index (χ0n) is 13.6. The molecule has 0 atom stereocenters. The summed E-state index contributed by atoms with van der Waals surface area (Å²) in [5.74, 6) is 7.19. The van der Waals surface area contributed by atoms with Crippen molar-refractivity contribution in [3.05, 3.63) is 78.0 Å². The molecular formula is C21H20N2O. The standard InChI is InChI=1S/C21H20N2O/c1-3-7-19(8-4-1)11-12-21(23-15-17-24-18-16-23)22-14-13-20-9-5-2-6-10-20/h1-10,13-14H,15-18H2/b14-13+,22-21?. The van der Waals surface area contributed by atoms with E-state index >= 15 is 0 Å². The number of morpholine rings is 1. The molecule has 24 heavy (non-hydrogen) atoms. The van der Waals surface area contributed by atoms with Crippen LogP contribution in [0.2, 0.25) is 0 Å². The van der Waals surface area contributed by atoms with Crippen LogP contribution in [-0.4, -0.2) is 37.0 Å². The van der Waals surface area contributed by atoms with Gasteiger partial charge in [0, 0.05) is 24.9 Å². The molecule has 0 radical (unpaired) electrons. The molecule has 0 bridgehead atoms. The van der Waals surface area contributed by atoms with Crippen molar-refractivity contribution in [1.29, 1.82) is 0 Å². The van der Waals surface area contributed by atoms with Crippen molar-refractivity contribution in [3.63, 3.8) is 0 Å². The lowest BCUT2D eigenvalue weighted by Crippen LogP contribution is -2.40. The zero-order chi connectivity index (χ0) is 16.5. The predicted octanol–water partition coefficient (Wildman–Crippen LogP) is 3.44. The number of aliphatic imine (C=N–C) groups is 1. The van der Waals surface area contributed by atoms with Crippen molar-refractivity contribution < 1.29 is 4.74 Å². The Hall–Kier alpha value is -2.83. The molecule has 0 spiro atoms. The van der Waals surface area contributed by atoms with Gasteiger partial charge in [0.15, 0.2) is 5.84 Å². The first-order valence-corrected chi connectivity index (χ1v) is 8.11. The lowest BCUT2D eigenvalue weighted by Gasteiger charge is -2.27. The molecule has 0 N–H and O–H groups in total. The van der Waals surface area contributed by atoms with Crippen molar-refractivity contribution in [2.75, 3.05) is 26.3 Å². The summed E-state index contributed by atoms with van der Waals surface area (Å²) in [7, 11) is 0. The molecule has 3 rings (SSSR count). The van der Waals surface area contributed by atoms with Crippen LogP contribution in [-0.2, 0) is 4.74 Å². The number of benzene rings is 2. The van der Waals surface area contributed by atoms with Gasteiger partial charge < -0.3 is 9.64 Å². The van der Waals surface area contributed by atoms with Crippen molar-refractivity contribution in [1.82, 2.24) is 4.90 Å². The molecule has 0 saturated carbocycles. The largest absolute Gasteiger partial charge is 0.378 e. The molecule has 2 aromatic carbocycles. The van der Waals surface area contributed by atoms with Gasteiger partial charge in [0.1, 0.15) is 0 Å². The number of amidine groups is 1. The minimum Gasteiger partial charge on any atom is -0.378 e. The van der Waals surface area contributed by atoms with Crippen LogP contribution in [0.15, 0.2) is 71.9 Å². The maximum absolute atomic E-state index is 5.42. The highest BCUT2D eigenvalue weighted by Crippen LogP contribution is 2.04. The third-order valence-corrected chi connectivity index (χ3v) is 3.67. The number of rotatable bonds is 2. The van der Waals surface area contributed by atoms with Crippen molar-refractivity contribution >= 4 is 11.9 Å². The van der Waals surface area contributed by atoms with Gasteiger partial charge in [0.25, 0.3) is 0 Å². The number of hydrogen-bond acceptors (Lipinski definition) is 2. The fourth-order valence-corrected chi connectivity index (χ4v) is 2.38. The van der Waals surface area contributed by atoms with E-state index in [1.807, 2.05) is 60.8 Å². The zero-order valence-corrected chi connectivity index (χ0v) is 13.6. The summed E-state index contributed by atoms with van der Waals surface area (Å²) in [5, 5.41) is 0. The van der Waals surface area contributed by atoms with Gasteiger partial charge in [-0.1, -0.05) is 54.5 Å². The van der Waals surface area contributed by atoms with Crippen LogP contribution >= 0.6 is 0 Å². The first-order chi connectivity index (χ1) is 11.9. The fraction of sp³-hybridized carbons (Fsp3) is 0.190. The summed E-state index contributed by atoms with van der Waals surface area (Å²) in [6, 6.07) is 20.1. The second kappa shape index (κ2) is 8.71. The highest BCUT2D eigenvalue weighted by molar-refractivity contribution is 5.99. The van der Waals surface area contributed by atoms with Gasteiger partial charge in [-0.3, -0.25) is 0 Å². The molecule has 1 aliphatic heterocycles. The minimum atomic E-state index is 0.717. The normalized spacial score (nSPS) is 15.2. The van der Waals surface area contributed by atoms with E-state index in [1.54, 1.807) is 0 Å². The van der Waals surface area contributed by atoms with E-state index in [9.17, 15) is 0 Å².